The summed E-state index contributed by atoms with van der Waals surface area (Å²) in [6.07, 6.45) is 0.878. The van der Waals surface area contributed by atoms with Crippen LogP contribution in [-0.2, 0) is 11.2 Å². The molecule has 0 amide bonds. The number of carboxylic acid groups (broad SMARTS) is 1. The van der Waals surface area contributed by atoms with Crippen LogP contribution in [0.4, 0.5) is 0 Å². The third-order valence-electron chi connectivity index (χ3n) is 1.93. The molecule has 3 heteroatoms. The molecule has 0 aliphatic rings. The van der Waals surface area contributed by atoms with E-state index in [1.807, 2.05) is 53.8 Å². The molecular weight excluding hydrogens is 279 g/mol. The molecular formula is C10H11IO2. The van der Waals surface area contributed by atoms with E-state index < -0.39 is 9.89 Å². The highest BCUT2D eigenvalue weighted by Gasteiger charge is 2.17. The van der Waals surface area contributed by atoms with E-state index >= 15 is 0 Å². The van der Waals surface area contributed by atoms with Gasteiger partial charge in [0.05, 0.1) is 0 Å². The van der Waals surface area contributed by atoms with Gasteiger partial charge in [-0.15, -0.1) is 0 Å². The number of rotatable bonds is 3. The molecule has 0 fully saturated rings. The number of carboxylic acids is 1. The van der Waals surface area contributed by atoms with Crippen molar-refractivity contribution in [1.82, 2.24) is 0 Å². The minimum absolute atomic E-state index is 0.436. The maximum Gasteiger partial charge on any atom is 0.321 e. The zero-order chi connectivity index (χ0) is 9.84. The lowest BCUT2D eigenvalue weighted by Gasteiger charge is -2.09. The van der Waals surface area contributed by atoms with E-state index in [9.17, 15) is 4.79 Å². The van der Waals surface area contributed by atoms with Gasteiger partial charge in [-0.3, -0.25) is 4.79 Å². The fourth-order valence-corrected chi connectivity index (χ4v) is 1.84. The van der Waals surface area contributed by atoms with Gasteiger partial charge in [-0.2, -0.15) is 0 Å². The van der Waals surface area contributed by atoms with Crippen molar-refractivity contribution in [3.63, 3.8) is 0 Å². The summed E-state index contributed by atoms with van der Waals surface area (Å²) in [7, 11) is 0. The van der Waals surface area contributed by atoms with Gasteiger partial charge in [0.25, 0.3) is 0 Å². The van der Waals surface area contributed by atoms with E-state index in [0.29, 0.717) is 0 Å². The summed E-state index contributed by atoms with van der Waals surface area (Å²) in [4.78, 5) is 10.8. The monoisotopic (exact) mass is 290 g/mol. The standard InChI is InChI=1S/C10H11IO2/c1-2-7-5-3-4-6-8(7)9(11)10(12)13/h3-6,9H,2H2,1H3,(H,12,13). The molecule has 1 N–H and O–H groups in total. The fourth-order valence-electron chi connectivity index (χ4n) is 1.24. The van der Waals surface area contributed by atoms with Crippen LogP contribution in [0.2, 0.25) is 0 Å². The summed E-state index contributed by atoms with van der Waals surface area (Å²) in [6.45, 7) is 2.03. The Hall–Kier alpha value is -0.580. The first kappa shape index (κ1) is 10.5. The number of benzene rings is 1. The molecule has 0 radical (unpaired) electrons. The van der Waals surface area contributed by atoms with Crippen LogP contribution in [0, 0.1) is 0 Å². The van der Waals surface area contributed by atoms with E-state index in [-0.39, 0.29) is 0 Å². The van der Waals surface area contributed by atoms with E-state index in [1.165, 1.54) is 0 Å². The van der Waals surface area contributed by atoms with Gasteiger partial charge >= 0.3 is 5.97 Å². The Balaban J connectivity index is 3.05. The Bertz CT molecular complexity index is 310. The quantitative estimate of drug-likeness (QED) is 0.686. The Labute approximate surface area is 91.1 Å². The van der Waals surface area contributed by atoms with Crippen molar-refractivity contribution >= 4 is 28.6 Å². The lowest BCUT2D eigenvalue weighted by molar-refractivity contribution is -0.136. The Morgan fingerprint density at radius 3 is 2.69 bits per heavy atom. The molecule has 2 nitrogen and oxygen atoms in total. The van der Waals surface area contributed by atoms with Gasteiger partial charge in [-0.1, -0.05) is 53.8 Å². The van der Waals surface area contributed by atoms with Crippen LogP contribution < -0.4 is 0 Å². The van der Waals surface area contributed by atoms with Crippen LogP contribution in [0.25, 0.3) is 0 Å². The average molecular weight is 290 g/mol. The molecule has 0 bridgehead atoms. The smallest absolute Gasteiger partial charge is 0.321 e. The topological polar surface area (TPSA) is 37.3 Å². The lowest BCUT2D eigenvalue weighted by Crippen LogP contribution is -2.06. The van der Waals surface area contributed by atoms with E-state index in [2.05, 4.69) is 0 Å². The number of aryl methyl sites for hydroxylation is 1. The minimum Gasteiger partial charge on any atom is -0.480 e. The first-order chi connectivity index (χ1) is 6.16. The van der Waals surface area contributed by atoms with Crippen molar-refractivity contribution in [2.45, 2.75) is 17.3 Å². The third kappa shape index (κ3) is 2.43. The first-order valence-corrected chi connectivity index (χ1v) is 5.36. The van der Waals surface area contributed by atoms with Gasteiger partial charge in [0.2, 0.25) is 0 Å². The number of carbonyl (C=O) groups is 1. The molecule has 0 spiro atoms. The number of hydrogen-bond donors (Lipinski definition) is 1. The van der Waals surface area contributed by atoms with Gasteiger partial charge in [0, 0.05) is 0 Å². The fraction of sp³-hybridized carbons (Fsp3) is 0.300. The maximum atomic E-state index is 10.8. The summed E-state index contributed by atoms with van der Waals surface area (Å²) in [5.74, 6) is -0.776. The molecule has 1 aromatic carbocycles. The molecule has 0 aromatic heterocycles. The molecule has 1 atom stereocenters. The van der Waals surface area contributed by atoms with Gasteiger partial charge in [-0.25, -0.2) is 0 Å². The van der Waals surface area contributed by atoms with E-state index in [1.54, 1.807) is 0 Å². The van der Waals surface area contributed by atoms with Crippen molar-refractivity contribution in [3.05, 3.63) is 35.4 Å². The normalized spacial score (nSPS) is 12.5. The molecule has 1 aromatic rings. The molecule has 13 heavy (non-hydrogen) atoms. The van der Waals surface area contributed by atoms with Gasteiger partial charge in [0.1, 0.15) is 3.92 Å². The average Bonchev–Trinajstić information content (AvgIpc) is 2.16. The Morgan fingerprint density at radius 1 is 1.54 bits per heavy atom. The summed E-state index contributed by atoms with van der Waals surface area (Å²) in [5, 5.41) is 8.85. The zero-order valence-electron chi connectivity index (χ0n) is 7.33. The second-order valence-electron chi connectivity index (χ2n) is 2.75. The predicted octanol–water partition coefficient (Wildman–Crippen LogP) is 2.81. The van der Waals surface area contributed by atoms with Crippen molar-refractivity contribution in [3.8, 4) is 0 Å². The van der Waals surface area contributed by atoms with E-state index in [4.69, 9.17) is 5.11 Å². The summed E-state index contributed by atoms with van der Waals surface area (Å²) < 4.78 is -0.436. The molecule has 1 unspecified atom stereocenters. The Morgan fingerprint density at radius 2 is 2.15 bits per heavy atom. The van der Waals surface area contributed by atoms with Crippen LogP contribution >= 0.6 is 22.6 Å². The second kappa shape index (κ2) is 4.60. The molecule has 0 saturated heterocycles. The van der Waals surface area contributed by atoms with Crippen molar-refractivity contribution in [1.29, 1.82) is 0 Å². The molecule has 0 aliphatic heterocycles. The second-order valence-corrected chi connectivity index (χ2v) is 4.00. The van der Waals surface area contributed by atoms with Crippen LogP contribution in [0.3, 0.4) is 0 Å². The van der Waals surface area contributed by atoms with Gasteiger partial charge in [-0.05, 0) is 17.5 Å². The van der Waals surface area contributed by atoms with Crippen LogP contribution in [0.1, 0.15) is 22.0 Å². The molecule has 0 aliphatic carbocycles. The minimum atomic E-state index is -0.776. The first-order valence-electron chi connectivity index (χ1n) is 4.11. The van der Waals surface area contributed by atoms with Crippen molar-refractivity contribution in [2.75, 3.05) is 0 Å². The number of alkyl halides is 1. The predicted molar refractivity (Wildman–Crippen MR) is 60.2 cm³/mol. The number of hydrogen-bond acceptors (Lipinski definition) is 1. The zero-order valence-corrected chi connectivity index (χ0v) is 9.48. The summed E-state index contributed by atoms with van der Waals surface area (Å²) in [6, 6.07) is 7.67. The van der Waals surface area contributed by atoms with E-state index in [0.717, 1.165) is 17.5 Å². The summed E-state index contributed by atoms with van der Waals surface area (Å²) >= 11 is 1.95. The maximum absolute atomic E-state index is 10.8. The van der Waals surface area contributed by atoms with Gasteiger partial charge < -0.3 is 5.11 Å². The number of halogens is 1. The highest BCUT2D eigenvalue weighted by atomic mass is 127. The summed E-state index contributed by atoms with van der Waals surface area (Å²) in [5.41, 5.74) is 2.03. The third-order valence-corrected chi connectivity index (χ3v) is 3.13. The van der Waals surface area contributed by atoms with Crippen molar-refractivity contribution < 1.29 is 9.90 Å². The van der Waals surface area contributed by atoms with Gasteiger partial charge in [0.15, 0.2) is 0 Å². The highest BCUT2D eigenvalue weighted by molar-refractivity contribution is 14.1. The SMILES string of the molecule is CCc1ccccc1C(I)C(=O)O. The van der Waals surface area contributed by atoms with Crippen LogP contribution in [0.15, 0.2) is 24.3 Å². The lowest BCUT2D eigenvalue weighted by atomic mass is 10.0. The van der Waals surface area contributed by atoms with Crippen molar-refractivity contribution in [2.24, 2.45) is 0 Å². The Kier molecular flexibility index (Phi) is 3.71. The molecule has 0 heterocycles. The molecule has 70 valence electrons. The molecule has 0 saturated carbocycles. The highest BCUT2D eigenvalue weighted by Crippen LogP contribution is 2.26. The number of aliphatic carboxylic acids is 1. The largest absolute Gasteiger partial charge is 0.480 e. The van der Waals surface area contributed by atoms with Crippen LogP contribution in [0.5, 0.6) is 0 Å². The van der Waals surface area contributed by atoms with Crippen LogP contribution in [-0.4, -0.2) is 11.1 Å². The molecule has 1 rings (SSSR count).